The Bertz CT molecular complexity index is 442. The van der Waals surface area contributed by atoms with Crippen molar-refractivity contribution < 1.29 is 9.53 Å². The summed E-state index contributed by atoms with van der Waals surface area (Å²) in [6, 6.07) is 11.1. The minimum atomic E-state index is -0.590. The van der Waals surface area contributed by atoms with Crippen molar-refractivity contribution in [3.8, 4) is 6.07 Å². The van der Waals surface area contributed by atoms with E-state index in [9.17, 15) is 4.79 Å². The van der Waals surface area contributed by atoms with Gasteiger partial charge in [0.25, 0.3) is 0 Å². The Morgan fingerprint density at radius 1 is 1.40 bits per heavy atom. The zero-order chi connectivity index (χ0) is 14.8. The van der Waals surface area contributed by atoms with Crippen LogP contribution >= 0.6 is 0 Å². The van der Waals surface area contributed by atoms with Crippen molar-refractivity contribution >= 4 is 5.91 Å². The molecule has 0 fully saturated rings. The highest BCUT2D eigenvalue weighted by Gasteiger charge is 2.20. The smallest absolute Gasteiger partial charge is 0.239 e. The molecule has 0 saturated carbocycles. The summed E-state index contributed by atoms with van der Waals surface area (Å²) in [4.78, 5) is 13.9. The van der Waals surface area contributed by atoms with E-state index in [2.05, 4.69) is 0 Å². The van der Waals surface area contributed by atoms with Crippen LogP contribution in [0, 0.1) is 11.3 Å². The molecule has 0 radical (unpaired) electrons. The summed E-state index contributed by atoms with van der Waals surface area (Å²) in [7, 11) is 1.58. The molecular formula is C15H21N3O2. The molecule has 0 aliphatic carbocycles. The van der Waals surface area contributed by atoms with E-state index in [-0.39, 0.29) is 5.91 Å². The summed E-state index contributed by atoms with van der Waals surface area (Å²) in [5, 5.41) is 8.65. The molecule has 0 heterocycles. The van der Waals surface area contributed by atoms with E-state index in [1.165, 1.54) is 0 Å². The zero-order valence-electron chi connectivity index (χ0n) is 11.8. The van der Waals surface area contributed by atoms with Gasteiger partial charge in [0.2, 0.25) is 5.91 Å². The Balaban J connectivity index is 2.60. The van der Waals surface area contributed by atoms with Crippen molar-refractivity contribution in [2.75, 3.05) is 26.8 Å². The number of rotatable bonds is 8. The highest BCUT2D eigenvalue weighted by Crippen LogP contribution is 2.05. The van der Waals surface area contributed by atoms with E-state index in [0.29, 0.717) is 32.5 Å². The molecule has 108 valence electrons. The second-order valence-electron chi connectivity index (χ2n) is 4.52. The topological polar surface area (TPSA) is 79.3 Å². The van der Waals surface area contributed by atoms with Gasteiger partial charge in [0.15, 0.2) is 0 Å². The number of nitriles is 1. The van der Waals surface area contributed by atoms with E-state index >= 15 is 0 Å². The van der Waals surface area contributed by atoms with Gasteiger partial charge in [0.05, 0.1) is 25.1 Å². The molecule has 2 N–H and O–H groups in total. The fraction of sp³-hybridized carbons (Fsp3) is 0.467. The summed E-state index contributed by atoms with van der Waals surface area (Å²) in [6.07, 6.45) is 0.795. The van der Waals surface area contributed by atoms with Crippen molar-refractivity contribution in [2.45, 2.75) is 18.9 Å². The number of hydrogen-bond acceptors (Lipinski definition) is 4. The standard InChI is InChI=1S/C15H21N3O2/c1-20-11-10-18(9-5-8-16)15(19)14(17)12-13-6-3-2-4-7-13/h2-4,6-7,14H,5,9-12,17H2,1H3/t14-/m0/s1. The van der Waals surface area contributed by atoms with Crippen molar-refractivity contribution in [2.24, 2.45) is 5.73 Å². The van der Waals surface area contributed by atoms with Crippen LogP contribution in [0.4, 0.5) is 0 Å². The second kappa shape index (κ2) is 9.08. The van der Waals surface area contributed by atoms with Crippen LogP contribution in [0.25, 0.3) is 0 Å². The first-order valence-electron chi connectivity index (χ1n) is 6.63. The van der Waals surface area contributed by atoms with Crippen LogP contribution < -0.4 is 5.73 Å². The molecular weight excluding hydrogens is 254 g/mol. The third-order valence-corrected chi connectivity index (χ3v) is 2.99. The first kappa shape index (κ1) is 16.2. The second-order valence-corrected chi connectivity index (χ2v) is 4.52. The number of methoxy groups -OCH3 is 1. The van der Waals surface area contributed by atoms with Crippen LogP contribution in [0.5, 0.6) is 0 Å². The minimum Gasteiger partial charge on any atom is -0.383 e. The van der Waals surface area contributed by atoms with Crippen LogP contribution in [0.3, 0.4) is 0 Å². The normalized spacial score (nSPS) is 11.7. The Kier molecular flexibility index (Phi) is 7.33. The van der Waals surface area contributed by atoms with Gasteiger partial charge in [0, 0.05) is 20.2 Å². The number of carbonyl (C=O) groups is 1. The van der Waals surface area contributed by atoms with Gasteiger partial charge in [-0.3, -0.25) is 4.79 Å². The molecule has 5 heteroatoms. The van der Waals surface area contributed by atoms with Crippen molar-refractivity contribution in [1.29, 1.82) is 5.26 Å². The molecule has 1 aromatic rings. The number of benzene rings is 1. The third kappa shape index (κ3) is 5.39. The molecule has 1 atom stereocenters. The lowest BCUT2D eigenvalue weighted by molar-refractivity contribution is -0.133. The van der Waals surface area contributed by atoms with Gasteiger partial charge in [-0.2, -0.15) is 5.26 Å². The molecule has 0 saturated heterocycles. The van der Waals surface area contributed by atoms with E-state index in [1.807, 2.05) is 36.4 Å². The summed E-state index contributed by atoms with van der Waals surface area (Å²) < 4.78 is 4.98. The Morgan fingerprint density at radius 3 is 2.70 bits per heavy atom. The van der Waals surface area contributed by atoms with Gasteiger partial charge >= 0.3 is 0 Å². The number of nitrogens with zero attached hydrogens (tertiary/aromatic N) is 2. The molecule has 5 nitrogen and oxygen atoms in total. The number of amides is 1. The number of nitrogens with two attached hydrogens (primary N) is 1. The predicted molar refractivity (Wildman–Crippen MR) is 76.8 cm³/mol. The van der Waals surface area contributed by atoms with Crippen LogP contribution in [-0.2, 0) is 16.0 Å². The lowest BCUT2D eigenvalue weighted by atomic mass is 10.1. The lowest BCUT2D eigenvalue weighted by Crippen LogP contribution is -2.46. The number of ether oxygens (including phenoxy) is 1. The van der Waals surface area contributed by atoms with Crippen LogP contribution in [0.1, 0.15) is 12.0 Å². The Hall–Kier alpha value is -1.90. The van der Waals surface area contributed by atoms with E-state index in [1.54, 1.807) is 12.0 Å². The maximum Gasteiger partial charge on any atom is 0.239 e. The first-order chi connectivity index (χ1) is 9.69. The largest absolute Gasteiger partial charge is 0.383 e. The van der Waals surface area contributed by atoms with Crippen molar-refractivity contribution in [3.63, 3.8) is 0 Å². The molecule has 0 aliphatic rings. The summed E-state index contributed by atoms with van der Waals surface area (Å²) >= 11 is 0. The van der Waals surface area contributed by atoms with Crippen LogP contribution in [0.15, 0.2) is 30.3 Å². The van der Waals surface area contributed by atoms with E-state index in [4.69, 9.17) is 15.7 Å². The molecule has 0 bridgehead atoms. The van der Waals surface area contributed by atoms with Gasteiger partial charge in [-0.05, 0) is 12.0 Å². The summed E-state index contributed by atoms with van der Waals surface area (Å²) in [5.74, 6) is -0.138. The molecule has 1 amide bonds. The Morgan fingerprint density at radius 2 is 2.10 bits per heavy atom. The summed E-state index contributed by atoms with van der Waals surface area (Å²) in [6.45, 7) is 1.29. The molecule has 0 aliphatic heterocycles. The molecule has 0 unspecified atom stereocenters. The van der Waals surface area contributed by atoms with Gasteiger partial charge < -0.3 is 15.4 Å². The molecule has 1 aromatic carbocycles. The highest BCUT2D eigenvalue weighted by atomic mass is 16.5. The Labute approximate surface area is 119 Å². The lowest BCUT2D eigenvalue weighted by Gasteiger charge is -2.24. The highest BCUT2D eigenvalue weighted by molar-refractivity contribution is 5.82. The van der Waals surface area contributed by atoms with Crippen molar-refractivity contribution in [1.82, 2.24) is 4.90 Å². The fourth-order valence-electron chi connectivity index (χ4n) is 1.91. The molecule has 0 aromatic heterocycles. The monoisotopic (exact) mass is 275 g/mol. The fourth-order valence-corrected chi connectivity index (χ4v) is 1.91. The molecule has 0 spiro atoms. The molecule has 1 rings (SSSR count). The van der Waals surface area contributed by atoms with Crippen LogP contribution in [0.2, 0.25) is 0 Å². The third-order valence-electron chi connectivity index (χ3n) is 2.99. The predicted octanol–water partition coefficient (Wildman–Crippen LogP) is 0.945. The number of carbonyl (C=O) groups excluding carboxylic acids is 1. The quantitative estimate of drug-likeness (QED) is 0.766. The maximum atomic E-state index is 12.3. The average Bonchev–Trinajstić information content (AvgIpc) is 2.48. The first-order valence-corrected chi connectivity index (χ1v) is 6.63. The number of hydrogen-bond donors (Lipinski definition) is 1. The minimum absolute atomic E-state index is 0.138. The van der Waals surface area contributed by atoms with E-state index in [0.717, 1.165) is 5.56 Å². The van der Waals surface area contributed by atoms with Gasteiger partial charge in [-0.1, -0.05) is 30.3 Å². The van der Waals surface area contributed by atoms with Crippen LogP contribution in [-0.4, -0.2) is 43.7 Å². The maximum absolute atomic E-state index is 12.3. The summed E-state index contributed by atoms with van der Waals surface area (Å²) in [5.41, 5.74) is 7.01. The van der Waals surface area contributed by atoms with E-state index < -0.39 is 6.04 Å². The molecule has 20 heavy (non-hydrogen) atoms. The zero-order valence-corrected chi connectivity index (χ0v) is 11.8. The average molecular weight is 275 g/mol. The SMILES string of the molecule is COCCN(CCC#N)C(=O)[C@@H](N)Cc1ccccc1. The van der Waals surface area contributed by atoms with Gasteiger partial charge in [-0.15, -0.1) is 0 Å². The van der Waals surface area contributed by atoms with Crippen molar-refractivity contribution in [3.05, 3.63) is 35.9 Å². The van der Waals surface area contributed by atoms with Gasteiger partial charge in [0.1, 0.15) is 0 Å². The van der Waals surface area contributed by atoms with Gasteiger partial charge in [-0.25, -0.2) is 0 Å².